The Morgan fingerprint density at radius 2 is 1.89 bits per heavy atom. The molecule has 1 aliphatic rings. The number of hydrogen-bond donors (Lipinski definition) is 0. The van der Waals surface area contributed by atoms with Crippen LogP contribution in [0.2, 0.25) is 0 Å². The molecule has 2 aromatic heterocycles. The van der Waals surface area contributed by atoms with Crippen molar-refractivity contribution in [3.8, 4) is 11.1 Å². The zero-order valence-electron chi connectivity index (χ0n) is 15.2. The Morgan fingerprint density at radius 3 is 2.75 bits per heavy atom. The molecule has 0 unspecified atom stereocenters. The highest BCUT2D eigenvalue weighted by atomic mass is 32.1. The third kappa shape index (κ3) is 2.88. The molecule has 0 bridgehead atoms. The molecular weight excluding hydrogens is 368 g/mol. The monoisotopic (exact) mass is 386 g/mol. The first kappa shape index (κ1) is 17.1. The van der Waals surface area contributed by atoms with E-state index in [0.717, 1.165) is 30.4 Å². The summed E-state index contributed by atoms with van der Waals surface area (Å²) in [6.45, 7) is 0.00460. The van der Waals surface area contributed by atoms with Crippen LogP contribution in [0, 0.1) is 0 Å². The molecule has 2 aromatic carbocycles. The van der Waals surface area contributed by atoms with E-state index >= 15 is 0 Å². The molecule has 0 aliphatic heterocycles. The minimum absolute atomic E-state index is 0.00460. The highest BCUT2D eigenvalue weighted by molar-refractivity contribution is 7.17. The van der Waals surface area contributed by atoms with Crippen LogP contribution in [0.4, 0.5) is 0 Å². The lowest BCUT2D eigenvalue weighted by molar-refractivity contribution is 0.0970. The third-order valence-corrected chi connectivity index (χ3v) is 6.27. The van der Waals surface area contributed by atoms with Crippen molar-refractivity contribution in [2.45, 2.75) is 25.8 Å². The molecule has 0 saturated carbocycles. The number of nitrogens with zero attached hydrogens (tertiary/aromatic N) is 2. The molecule has 0 radical (unpaired) electrons. The van der Waals surface area contributed by atoms with E-state index in [0.29, 0.717) is 15.8 Å². The van der Waals surface area contributed by atoms with Gasteiger partial charge in [0.05, 0.1) is 18.3 Å². The van der Waals surface area contributed by atoms with Gasteiger partial charge in [0.1, 0.15) is 4.83 Å². The quantitative estimate of drug-likeness (QED) is 0.485. The standard InChI is InChI=1S/C23H18N2O2S/c26-20(18-10-9-15-7-4-8-17(15)11-18)12-25-14-24-22-21(23(25)27)19(13-28-22)16-5-2-1-3-6-16/h1-3,5-6,9-11,13-14H,4,7-8,12H2. The van der Waals surface area contributed by atoms with Gasteiger partial charge in [-0.1, -0.05) is 42.5 Å². The molecule has 0 atom stereocenters. The van der Waals surface area contributed by atoms with E-state index < -0.39 is 0 Å². The number of thiophene rings is 1. The van der Waals surface area contributed by atoms with Gasteiger partial charge in [-0.3, -0.25) is 14.2 Å². The van der Waals surface area contributed by atoms with Crippen LogP contribution in [0.3, 0.4) is 0 Å². The van der Waals surface area contributed by atoms with Crippen LogP contribution in [0.5, 0.6) is 0 Å². The van der Waals surface area contributed by atoms with Gasteiger partial charge in [-0.2, -0.15) is 0 Å². The molecule has 0 fully saturated rings. The second kappa shape index (κ2) is 6.84. The number of carbonyl (C=O) groups excluding carboxylic acids is 1. The SMILES string of the molecule is O=C(Cn1cnc2scc(-c3ccccc3)c2c1=O)c1ccc2c(c1)CCC2. The molecule has 5 heteroatoms. The molecule has 0 amide bonds. The van der Waals surface area contributed by atoms with Gasteiger partial charge < -0.3 is 0 Å². The summed E-state index contributed by atoms with van der Waals surface area (Å²) in [4.78, 5) is 31.0. The van der Waals surface area contributed by atoms with Crippen molar-refractivity contribution in [3.63, 3.8) is 0 Å². The molecule has 4 nitrogen and oxygen atoms in total. The fourth-order valence-electron chi connectivity index (χ4n) is 3.90. The van der Waals surface area contributed by atoms with Crippen molar-refractivity contribution in [2.75, 3.05) is 0 Å². The third-order valence-electron chi connectivity index (χ3n) is 5.38. The van der Waals surface area contributed by atoms with Crippen molar-refractivity contribution >= 4 is 27.3 Å². The van der Waals surface area contributed by atoms with Crippen LogP contribution in [0.1, 0.15) is 27.9 Å². The summed E-state index contributed by atoms with van der Waals surface area (Å²) in [6.07, 6.45) is 4.75. The van der Waals surface area contributed by atoms with Gasteiger partial charge in [0.15, 0.2) is 5.78 Å². The number of Topliss-reactive ketones (excluding diaryl/α,β-unsaturated/α-hetero) is 1. The van der Waals surface area contributed by atoms with E-state index in [4.69, 9.17) is 0 Å². The number of carbonyl (C=O) groups is 1. The topological polar surface area (TPSA) is 52.0 Å². The van der Waals surface area contributed by atoms with Gasteiger partial charge >= 0.3 is 0 Å². The molecule has 0 spiro atoms. The van der Waals surface area contributed by atoms with E-state index in [1.807, 2.05) is 53.9 Å². The van der Waals surface area contributed by atoms with Crippen LogP contribution >= 0.6 is 11.3 Å². The van der Waals surface area contributed by atoms with Gasteiger partial charge in [0, 0.05) is 16.5 Å². The summed E-state index contributed by atoms with van der Waals surface area (Å²) in [5.74, 6) is -0.0607. The van der Waals surface area contributed by atoms with E-state index in [1.54, 1.807) is 0 Å². The first-order chi connectivity index (χ1) is 13.7. The van der Waals surface area contributed by atoms with E-state index in [9.17, 15) is 9.59 Å². The van der Waals surface area contributed by atoms with Gasteiger partial charge in [-0.05, 0) is 42.0 Å². The van der Waals surface area contributed by atoms with Crippen molar-refractivity contribution in [2.24, 2.45) is 0 Å². The highest BCUT2D eigenvalue weighted by Crippen LogP contribution is 2.30. The summed E-state index contributed by atoms with van der Waals surface area (Å²) in [5.41, 5.74) is 4.95. The molecule has 28 heavy (non-hydrogen) atoms. The predicted octanol–water partition coefficient (Wildman–Crippen LogP) is 4.50. The maximum Gasteiger partial charge on any atom is 0.263 e. The smallest absolute Gasteiger partial charge is 0.263 e. The number of hydrogen-bond acceptors (Lipinski definition) is 4. The minimum atomic E-state index is -0.167. The van der Waals surface area contributed by atoms with Gasteiger partial charge in [0.2, 0.25) is 0 Å². The molecule has 1 aliphatic carbocycles. The summed E-state index contributed by atoms with van der Waals surface area (Å²) in [6, 6.07) is 15.7. The van der Waals surface area contributed by atoms with Crippen LogP contribution in [0.25, 0.3) is 21.3 Å². The van der Waals surface area contributed by atoms with Gasteiger partial charge in [-0.25, -0.2) is 4.98 Å². The Hall–Kier alpha value is -3.05. The molecule has 0 N–H and O–H groups in total. The Bertz CT molecular complexity index is 1250. The Balaban J connectivity index is 1.52. The molecule has 5 rings (SSSR count). The van der Waals surface area contributed by atoms with Crippen LogP contribution in [0.15, 0.2) is 65.0 Å². The molecular formula is C23H18N2O2S. The molecule has 2 heterocycles. The lowest BCUT2D eigenvalue weighted by atomic mass is 10.0. The number of benzene rings is 2. The maximum absolute atomic E-state index is 13.1. The fourth-order valence-corrected chi connectivity index (χ4v) is 4.81. The van der Waals surface area contributed by atoms with E-state index in [1.165, 1.54) is 33.4 Å². The summed E-state index contributed by atoms with van der Waals surface area (Å²) >= 11 is 1.45. The van der Waals surface area contributed by atoms with Crippen molar-refractivity contribution in [1.82, 2.24) is 9.55 Å². The first-order valence-electron chi connectivity index (χ1n) is 9.38. The number of aryl methyl sites for hydroxylation is 2. The van der Waals surface area contributed by atoms with Crippen molar-refractivity contribution in [3.05, 3.63) is 87.3 Å². The van der Waals surface area contributed by atoms with Crippen LogP contribution < -0.4 is 5.56 Å². The lowest BCUT2D eigenvalue weighted by Crippen LogP contribution is -2.24. The second-order valence-corrected chi connectivity index (χ2v) is 7.99. The van der Waals surface area contributed by atoms with Gasteiger partial charge in [-0.15, -0.1) is 11.3 Å². The van der Waals surface area contributed by atoms with Crippen molar-refractivity contribution in [1.29, 1.82) is 0 Å². The Labute approximate surface area is 166 Å². The summed E-state index contributed by atoms with van der Waals surface area (Å²) < 4.78 is 1.43. The largest absolute Gasteiger partial charge is 0.292 e. The average Bonchev–Trinajstić information content (AvgIpc) is 3.37. The van der Waals surface area contributed by atoms with E-state index in [2.05, 4.69) is 4.98 Å². The number of ketones is 1. The lowest BCUT2D eigenvalue weighted by Gasteiger charge is -2.07. The van der Waals surface area contributed by atoms with Crippen LogP contribution in [-0.4, -0.2) is 15.3 Å². The predicted molar refractivity (Wildman–Crippen MR) is 112 cm³/mol. The molecule has 0 saturated heterocycles. The molecule has 138 valence electrons. The normalized spacial score (nSPS) is 13.0. The minimum Gasteiger partial charge on any atom is -0.292 e. The van der Waals surface area contributed by atoms with Crippen molar-refractivity contribution < 1.29 is 4.79 Å². The zero-order valence-corrected chi connectivity index (χ0v) is 16.0. The Morgan fingerprint density at radius 1 is 1.07 bits per heavy atom. The highest BCUT2D eigenvalue weighted by Gasteiger charge is 2.17. The zero-order chi connectivity index (χ0) is 19.1. The fraction of sp³-hybridized carbons (Fsp3) is 0.174. The molecule has 4 aromatic rings. The maximum atomic E-state index is 13.1. The second-order valence-electron chi connectivity index (χ2n) is 7.13. The summed E-state index contributed by atoms with van der Waals surface area (Å²) in [5, 5.41) is 2.54. The number of fused-ring (bicyclic) bond motifs is 2. The number of aromatic nitrogens is 2. The summed E-state index contributed by atoms with van der Waals surface area (Å²) in [7, 11) is 0. The number of rotatable bonds is 4. The average molecular weight is 386 g/mol. The Kier molecular flexibility index (Phi) is 4.17. The van der Waals surface area contributed by atoms with Crippen LogP contribution in [-0.2, 0) is 19.4 Å². The van der Waals surface area contributed by atoms with Gasteiger partial charge in [0.25, 0.3) is 5.56 Å². The first-order valence-corrected chi connectivity index (χ1v) is 10.3. The van der Waals surface area contributed by atoms with E-state index in [-0.39, 0.29) is 17.9 Å².